The van der Waals surface area contributed by atoms with E-state index in [9.17, 15) is 8.42 Å². The van der Waals surface area contributed by atoms with E-state index in [-0.39, 0.29) is 11.4 Å². The minimum Gasteiger partial charge on any atom is -0.281 e. The molecule has 0 atom stereocenters. The molecule has 0 radical (unpaired) electrons. The predicted molar refractivity (Wildman–Crippen MR) is 82.7 cm³/mol. The molecule has 1 aromatic heterocycles. The molecule has 0 spiro atoms. The first-order valence-corrected chi connectivity index (χ1v) is 8.28. The Morgan fingerprint density at radius 2 is 1.67 bits per heavy atom. The van der Waals surface area contributed by atoms with Gasteiger partial charge < -0.3 is 0 Å². The van der Waals surface area contributed by atoms with Crippen LogP contribution in [-0.2, 0) is 16.6 Å². The number of nitrogens with zero attached hydrogens (tertiary/aromatic N) is 1. The standard InChI is InChI=1S/C15H21N3O2S/c1-9-6-10(2)14(11(3)7-9)8-16-21(19,20)15-12(4)17-18-13(15)5/h6-7,16H,8H2,1-5H3,(H,17,18). The zero-order valence-electron chi connectivity index (χ0n) is 13.0. The first-order chi connectivity index (χ1) is 9.72. The second-order valence-electron chi connectivity index (χ2n) is 5.46. The molecular weight excluding hydrogens is 286 g/mol. The highest BCUT2D eigenvalue weighted by molar-refractivity contribution is 7.89. The Balaban J connectivity index is 2.28. The lowest BCUT2D eigenvalue weighted by Gasteiger charge is -2.13. The van der Waals surface area contributed by atoms with Crippen LogP contribution >= 0.6 is 0 Å². The zero-order chi connectivity index (χ0) is 15.8. The summed E-state index contributed by atoms with van der Waals surface area (Å²) in [4.78, 5) is 0.241. The van der Waals surface area contributed by atoms with Crippen LogP contribution in [0.2, 0.25) is 0 Å². The van der Waals surface area contributed by atoms with Crippen LogP contribution in [0.5, 0.6) is 0 Å². The smallest absolute Gasteiger partial charge is 0.244 e. The van der Waals surface area contributed by atoms with Crippen LogP contribution < -0.4 is 4.72 Å². The van der Waals surface area contributed by atoms with Crippen LogP contribution in [-0.4, -0.2) is 18.6 Å². The maximum absolute atomic E-state index is 12.4. The quantitative estimate of drug-likeness (QED) is 0.911. The normalized spacial score (nSPS) is 11.9. The average Bonchev–Trinajstić information content (AvgIpc) is 2.68. The van der Waals surface area contributed by atoms with Gasteiger partial charge in [-0.15, -0.1) is 0 Å². The molecule has 1 heterocycles. The molecule has 0 saturated heterocycles. The van der Waals surface area contributed by atoms with Crippen LogP contribution in [0, 0.1) is 34.6 Å². The molecule has 0 aliphatic carbocycles. The third kappa shape index (κ3) is 3.16. The molecule has 2 rings (SSSR count). The number of nitrogens with one attached hydrogen (secondary N) is 2. The van der Waals surface area contributed by atoms with Crippen molar-refractivity contribution in [1.29, 1.82) is 0 Å². The van der Waals surface area contributed by atoms with Gasteiger partial charge in [-0.3, -0.25) is 5.10 Å². The summed E-state index contributed by atoms with van der Waals surface area (Å²) in [6.45, 7) is 9.70. The lowest BCUT2D eigenvalue weighted by molar-refractivity contribution is 0.580. The number of benzene rings is 1. The summed E-state index contributed by atoms with van der Waals surface area (Å²) in [7, 11) is -3.56. The number of sulfonamides is 1. The van der Waals surface area contributed by atoms with Gasteiger partial charge in [0.05, 0.1) is 11.4 Å². The van der Waals surface area contributed by atoms with Crippen molar-refractivity contribution in [3.8, 4) is 0 Å². The van der Waals surface area contributed by atoms with E-state index in [4.69, 9.17) is 0 Å². The van der Waals surface area contributed by atoms with E-state index in [1.807, 2.05) is 20.8 Å². The summed E-state index contributed by atoms with van der Waals surface area (Å²) in [6, 6.07) is 4.12. The van der Waals surface area contributed by atoms with E-state index in [2.05, 4.69) is 27.1 Å². The molecule has 0 amide bonds. The first-order valence-electron chi connectivity index (χ1n) is 6.80. The van der Waals surface area contributed by atoms with Crippen molar-refractivity contribution in [1.82, 2.24) is 14.9 Å². The van der Waals surface area contributed by atoms with E-state index in [0.29, 0.717) is 11.4 Å². The van der Waals surface area contributed by atoms with Crippen LogP contribution in [0.1, 0.15) is 33.6 Å². The van der Waals surface area contributed by atoms with Crippen molar-refractivity contribution in [2.45, 2.75) is 46.1 Å². The zero-order valence-corrected chi connectivity index (χ0v) is 13.9. The van der Waals surface area contributed by atoms with Crippen molar-refractivity contribution in [2.75, 3.05) is 0 Å². The Labute approximate surface area is 125 Å². The van der Waals surface area contributed by atoms with Gasteiger partial charge in [-0.25, -0.2) is 13.1 Å². The maximum atomic E-state index is 12.4. The summed E-state index contributed by atoms with van der Waals surface area (Å²) in [6.07, 6.45) is 0. The van der Waals surface area contributed by atoms with Crippen LogP contribution in [0.4, 0.5) is 0 Å². The summed E-state index contributed by atoms with van der Waals surface area (Å²) in [5.41, 5.74) is 5.42. The Morgan fingerprint density at radius 3 is 2.14 bits per heavy atom. The lowest BCUT2D eigenvalue weighted by atomic mass is 10.0. The number of aryl methyl sites for hydroxylation is 5. The van der Waals surface area contributed by atoms with Gasteiger partial charge in [0.25, 0.3) is 0 Å². The fourth-order valence-corrected chi connectivity index (χ4v) is 4.03. The number of aromatic amines is 1. The fraction of sp³-hybridized carbons (Fsp3) is 0.400. The molecule has 21 heavy (non-hydrogen) atoms. The minimum absolute atomic E-state index is 0.241. The minimum atomic E-state index is -3.56. The molecule has 0 saturated carbocycles. The van der Waals surface area contributed by atoms with Crippen LogP contribution in [0.15, 0.2) is 17.0 Å². The Hall–Kier alpha value is -1.66. The van der Waals surface area contributed by atoms with Gasteiger partial charge in [0.15, 0.2) is 0 Å². The maximum Gasteiger partial charge on any atom is 0.244 e. The molecule has 0 bridgehead atoms. The number of H-pyrrole nitrogens is 1. The monoisotopic (exact) mass is 307 g/mol. The molecule has 0 aliphatic rings. The molecule has 2 aromatic rings. The molecule has 6 heteroatoms. The second kappa shape index (κ2) is 5.61. The van der Waals surface area contributed by atoms with Gasteiger partial charge in [-0.05, 0) is 51.3 Å². The summed E-state index contributed by atoms with van der Waals surface area (Å²) in [5, 5.41) is 6.64. The summed E-state index contributed by atoms with van der Waals surface area (Å²) in [5.74, 6) is 0. The van der Waals surface area contributed by atoms with E-state index in [1.54, 1.807) is 13.8 Å². The number of aromatic nitrogens is 2. The highest BCUT2D eigenvalue weighted by atomic mass is 32.2. The second-order valence-corrected chi connectivity index (χ2v) is 7.17. The third-order valence-corrected chi connectivity index (χ3v) is 5.27. The predicted octanol–water partition coefficient (Wildman–Crippen LogP) is 2.43. The SMILES string of the molecule is Cc1cc(C)c(CNS(=O)(=O)c2c(C)n[nH]c2C)c(C)c1. The van der Waals surface area contributed by atoms with E-state index >= 15 is 0 Å². The topological polar surface area (TPSA) is 74.8 Å². The van der Waals surface area contributed by atoms with Gasteiger partial charge in [0.2, 0.25) is 10.0 Å². The number of rotatable bonds is 4. The highest BCUT2D eigenvalue weighted by Crippen LogP contribution is 2.19. The summed E-state index contributed by atoms with van der Waals surface area (Å²) >= 11 is 0. The lowest BCUT2D eigenvalue weighted by Crippen LogP contribution is -2.25. The largest absolute Gasteiger partial charge is 0.281 e. The fourth-order valence-electron chi connectivity index (χ4n) is 2.66. The molecular formula is C15H21N3O2S. The van der Waals surface area contributed by atoms with E-state index in [0.717, 1.165) is 16.7 Å². The molecule has 114 valence electrons. The Bertz CT molecular complexity index is 734. The van der Waals surface area contributed by atoms with Gasteiger partial charge in [-0.1, -0.05) is 17.7 Å². The van der Waals surface area contributed by atoms with Crippen molar-refractivity contribution in [3.05, 3.63) is 45.8 Å². The van der Waals surface area contributed by atoms with E-state index in [1.165, 1.54) is 5.56 Å². The molecule has 0 fully saturated rings. The molecule has 5 nitrogen and oxygen atoms in total. The first kappa shape index (κ1) is 15.7. The molecule has 0 unspecified atom stereocenters. The Morgan fingerprint density at radius 1 is 1.10 bits per heavy atom. The highest BCUT2D eigenvalue weighted by Gasteiger charge is 2.22. The van der Waals surface area contributed by atoms with Gasteiger partial charge in [0, 0.05) is 6.54 Å². The Kier molecular flexibility index (Phi) is 4.20. The van der Waals surface area contributed by atoms with Gasteiger partial charge in [-0.2, -0.15) is 5.10 Å². The van der Waals surface area contributed by atoms with Crippen molar-refractivity contribution in [2.24, 2.45) is 0 Å². The van der Waals surface area contributed by atoms with Gasteiger partial charge in [0.1, 0.15) is 4.90 Å². The summed E-state index contributed by atoms with van der Waals surface area (Å²) < 4.78 is 27.5. The van der Waals surface area contributed by atoms with Crippen LogP contribution in [0.25, 0.3) is 0 Å². The van der Waals surface area contributed by atoms with E-state index < -0.39 is 10.0 Å². The molecule has 1 aromatic carbocycles. The third-order valence-electron chi connectivity index (χ3n) is 3.61. The van der Waals surface area contributed by atoms with Crippen molar-refractivity contribution in [3.63, 3.8) is 0 Å². The van der Waals surface area contributed by atoms with Gasteiger partial charge >= 0.3 is 0 Å². The van der Waals surface area contributed by atoms with Crippen molar-refractivity contribution < 1.29 is 8.42 Å². The average molecular weight is 307 g/mol. The van der Waals surface area contributed by atoms with Crippen molar-refractivity contribution >= 4 is 10.0 Å². The van der Waals surface area contributed by atoms with Crippen LogP contribution in [0.3, 0.4) is 0 Å². The number of hydrogen-bond acceptors (Lipinski definition) is 3. The number of hydrogen-bond donors (Lipinski definition) is 2. The molecule has 2 N–H and O–H groups in total. The molecule has 0 aliphatic heterocycles.